The molecule has 0 radical (unpaired) electrons. The van der Waals surface area contributed by atoms with Gasteiger partial charge in [0.25, 0.3) is 0 Å². The number of rotatable bonds is 5. The van der Waals surface area contributed by atoms with Crippen LogP contribution in [0.15, 0.2) is 34.7 Å². The van der Waals surface area contributed by atoms with Crippen molar-refractivity contribution in [2.45, 2.75) is 29.5 Å². The van der Waals surface area contributed by atoms with Crippen molar-refractivity contribution in [1.29, 1.82) is 10.5 Å². The maximum Gasteiger partial charge on any atom is 0.143 e. The first-order valence-electron chi connectivity index (χ1n) is 9.65. The van der Waals surface area contributed by atoms with Crippen LogP contribution in [-0.4, -0.2) is 23.2 Å². The number of aromatic nitrogens is 2. The molecule has 1 aliphatic rings. The second-order valence-corrected chi connectivity index (χ2v) is 9.30. The number of ether oxygens (including phenoxy) is 1. The fourth-order valence-corrected chi connectivity index (χ4v) is 5.50. The molecule has 1 aromatic carbocycles. The highest BCUT2D eigenvalue weighted by Crippen LogP contribution is 2.37. The standard InChI is InChI=1S/C22H18ClN5OS2/c23-15-5-3-13(4-6-15)21-27-16(11-30-21)12-31-22-18(9-25)19(14-2-1-7-29-10-14)17(8-24)20(26)28-22/h3-6,11,14H,1-2,7,10,12H2,(H2,26,28). The van der Waals surface area contributed by atoms with Crippen LogP contribution in [0.1, 0.15) is 41.1 Å². The van der Waals surface area contributed by atoms with Crippen molar-refractivity contribution < 1.29 is 4.74 Å². The van der Waals surface area contributed by atoms with Crippen molar-refractivity contribution >= 4 is 40.5 Å². The highest BCUT2D eigenvalue weighted by atomic mass is 35.5. The Bertz CT molecular complexity index is 1170. The first kappa shape index (κ1) is 21.6. The van der Waals surface area contributed by atoms with Crippen LogP contribution in [-0.2, 0) is 10.5 Å². The molecule has 31 heavy (non-hydrogen) atoms. The second-order valence-electron chi connectivity index (χ2n) is 7.04. The van der Waals surface area contributed by atoms with Crippen LogP contribution in [0.5, 0.6) is 0 Å². The van der Waals surface area contributed by atoms with E-state index < -0.39 is 0 Å². The number of pyridine rings is 1. The van der Waals surface area contributed by atoms with E-state index in [1.807, 2.05) is 29.6 Å². The van der Waals surface area contributed by atoms with Crippen LogP contribution in [0.3, 0.4) is 0 Å². The highest BCUT2D eigenvalue weighted by molar-refractivity contribution is 7.98. The summed E-state index contributed by atoms with van der Waals surface area (Å²) >= 11 is 8.92. The molecular formula is C22H18ClN5OS2. The molecule has 0 aliphatic carbocycles. The van der Waals surface area contributed by atoms with E-state index in [4.69, 9.17) is 22.1 Å². The summed E-state index contributed by atoms with van der Waals surface area (Å²) in [6.45, 7) is 1.18. The normalized spacial score (nSPS) is 15.9. The molecule has 3 aromatic rings. The molecule has 2 aromatic heterocycles. The zero-order valence-corrected chi connectivity index (χ0v) is 18.9. The lowest BCUT2D eigenvalue weighted by atomic mass is 9.88. The fourth-order valence-electron chi connectivity index (χ4n) is 3.55. The van der Waals surface area contributed by atoms with Gasteiger partial charge in [-0.2, -0.15) is 10.5 Å². The maximum absolute atomic E-state index is 9.89. The third-order valence-corrected chi connectivity index (χ3v) is 7.22. The fraction of sp³-hybridized carbons (Fsp3) is 0.273. The minimum Gasteiger partial charge on any atom is -0.383 e. The summed E-state index contributed by atoms with van der Waals surface area (Å²) < 4.78 is 5.59. The summed E-state index contributed by atoms with van der Waals surface area (Å²) in [5.41, 5.74) is 9.36. The van der Waals surface area contributed by atoms with Crippen molar-refractivity contribution in [1.82, 2.24) is 9.97 Å². The van der Waals surface area contributed by atoms with E-state index in [1.54, 1.807) is 11.3 Å². The lowest BCUT2D eigenvalue weighted by molar-refractivity contribution is 0.0802. The largest absolute Gasteiger partial charge is 0.383 e. The van der Waals surface area contributed by atoms with E-state index in [0.29, 0.717) is 40.1 Å². The van der Waals surface area contributed by atoms with Gasteiger partial charge in [-0.15, -0.1) is 11.3 Å². The molecule has 156 valence electrons. The van der Waals surface area contributed by atoms with E-state index in [-0.39, 0.29) is 17.3 Å². The smallest absolute Gasteiger partial charge is 0.143 e. The van der Waals surface area contributed by atoms with Crippen LogP contribution < -0.4 is 5.73 Å². The number of thioether (sulfide) groups is 1. The number of benzene rings is 1. The van der Waals surface area contributed by atoms with E-state index in [1.165, 1.54) is 11.8 Å². The number of nitrogens with zero attached hydrogens (tertiary/aromatic N) is 4. The topological polar surface area (TPSA) is 109 Å². The number of hydrogen-bond donors (Lipinski definition) is 1. The zero-order valence-electron chi connectivity index (χ0n) is 16.5. The van der Waals surface area contributed by atoms with Gasteiger partial charge >= 0.3 is 0 Å². The predicted octanol–water partition coefficient (Wildman–Crippen LogP) is 5.37. The van der Waals surface area contributed by atoms with Crippen LogP contribution in [0, 0.1) is 22.7 Å². The summed E-state index contributed by atoms with van der Waals surface area (Å²) in [6.07, 6.45) is 1.74. The first-order chi connectivity index (χ1) is 15.1. The van der Waals surface area contributed by atoms with Crippen molar-refractivity contribution in [2.24, 2.45) is 0 Å². The highest BCUT2D eigenvalue weighted by Gasteiger charge is 2.27. The Balaban J connectivity index is 1.60. The van der Waals surface area contributed by atoms with Gasteiger partial charge in [0.05, 0.1) is 23.4 Å². The molecule has 2 N–H and O–H groups in total. The molecule has 3 heterocycles. The average Bonchev–Trinajstić information content (AvgIpc) is 3.27. The zero-order chi connectivity index (χ0) is 21.8. The monoisotopic (exact) mass is 467 g/mol. The van der Waals surface area contributed by atoms with E-state index in [9.17, 15) is 10.5 Å². The van der Waals surface area contributed by atoms with Gasteiger partial charge in [0.15, 0.2) is 0 Å². The van der Waals surface area contributed by atoms with E-state index in [0.717, 1.165) is 29.1 Å². The number of hydrogen-bond acceptors (Lipinski definition) is 8. The molecule has 1 saturated heterocycles. The third kappa shape index (κ3) is 4.68. The van der Waals surface area contributed by atoms with E-state index in [2.05, 4.69) is 22.1 Å². The Kier molecular flexibility index (Phi) is 6.74. The van der Waals surface area contributed by atoms with Gasteiger partial charge in [-0.1, -0.05) is 35.5 Å². The van der Waals surface area contributed by atoms with Crippen molar-refractivity contribution in [3.8, 4) is 22.7 Å². The summed E-state index contributed by atoms with van der Waals surface area (Å²) in [5, 5.41) is 23.6. The van der Waals surface area contributed by atoms with Gasteiger partial charge in [-0.25, -0.2) is 9.97 Å². The minimum absolute atomic E-state index is 0.0292. The summed E-state index contributed by atoms with van der Waals surface area (Å²) in [4.78, 5) is 9.07. The Morgan fingerprint density at radius 2 is 1.97 bits per heavy atom. The molecular weight excluding hydrogens is 450 g/mol. The molecule has 1 fully saturated rings. The number of thiazole rings is 1. The maximum atomic E-state index is 9.89. The number of nitrogen functional groups attached to an aromatic ring is 1. The molecule has 1 unspecified atom stereocenters. The second kappa shape index (κ2) is 9.67. The molecule has 0 amide bonds. The van der Waals surface area contributed by atoms with Crippen LogP contribution >= 0.6 is 34.7 Å². The van der Waals surface area contributed by atoms with Gasteiger partial charge < -0.3 is 10.5 Å². The molecule has 4 rings (SSSR count). The van der Waals surface area contributed by atoms with Gasteiger partial charge in [0.2, 0.25) is 0 Å². The van der Waals surface area contributed by atoms with Gasteiger partial charge in [-0.3, -0.25) is 0 Å². The Morgan fingerprint density at radius 3 is 2.65 bits per heavy atom. The predicted molar refractivity (Wildman–Crippen MR) is 123 cm³/mol. The molecule has 0 bridgehead atoms. The number of nitriles is 2. The quantitative estimate of drug-likeness (QED) is 0.502. The number of anilines is 1. The average molecular weight is 468 g/mol. The van der Waals surface area contributed by atoms with Crippen molar-refractivity contribution in [2.75, 3.05) is 18.9 Å². The van der Waals surface area contributed by atoms with Crippen LogP contribution in [0.2, 0.25) is 5.02 Å². The SMILES string of the molecule is N#Cc1c(N)nc(SCc2csc(-c3ccc(Cl)cc3)n2)c(C#N)c1C1CCCOC1. The Hall–Kier alpha value is -2.62. The van der Waals surface area contributed by atoms with Crippen LogP contribution in [0.4, 0.5) is 5.82 Å². The molecule has 9 heteroatoms. The summed E-state index contributed by atoms with van der Waals surface area (Å²) in [5.74, 6) is 0.667. The van der Waals surface area contributed by atoms with Crippen LogP contribution in [0.25, 0.3) is 10.6 Å². The van der Waals surface area contributed by atoms with E-state index >= 15 is 0 Å². The number of nitrogens with two attached hydrogens (primary N) is 1. The Labute approximate surface area is 193 Å². The first-order valence-corrected chi connectivity index (χ1v) is 11.9. The van der Waals surface area contributed by atoms with Gasteiger partial charge in [0, 0.05) is 34.2 Å². The molecule has 1 atom stereocenters. The molecule has 1 aliphatic heterocycles. The van der Waals surface area contributed by atoms with Gasteiger partial charge in [0.1, 0.15) is 28.0 Å². The molecule has 6 nitrogen and oxygen atoms in total. The summed E-state index contributed by atoms with van der Waals surface area (Å²) in [7, 11) is 0. The lowest BCUT2D eigenvalue weighted by Crippen LogP contribution is -2.19. The lowest BCUT2D eigenvalue weighted by Gasteiger charge is -2.25. The minimum atomic E-state index is -0.0292. The Morgan fingerprint density at radius 1 is 1.19 bits per heavy atom. The molecule has 0 spiro atoms. The van der Waals surface area contributed by atoms with Gasteiger partial charge in [-0.05, 0) is 30.5 Å². The van der Waals surface area contributed by atoms with Crippen molar-refractivity contribution in [3.05, 3.63) is 57.1 Å². The summed E-state index contributed by atoms with van der Waals surface area (Å²) in [6, 6.07) is 12.0. The number of halogens is 1. The van der Waals surface area contributed by atoms with Crippen molar-refractivity contribution in [3.63, 3.8) is 0 Å². The third-order valence-electron chi connectivity index (χ3n) is 5.02. The molecule has 0 saturated carbocycles.